The van der Waals surface area contributed by atoms with Crippen molar-refractivity contribution in [3.63, 3.8) is 0 Å². The first-order chi connectivity index (χ1) is 9.50. The van der Waals surface area contributed by atoms with Crippen molar-refractivity contribution in [2.75, 3.05) is 26.2 Å². The van der Waals surface area contributed by atoms with E-state index >= 15 is 0 Å². The topological polar surface area (TPSA) is 29.3 Å². The molecule has 1 unspecified atom stereocenters. The summed E-state index contributed by atoms with van der Waals surface area (Å²) in [6.45, 7) is 3.65. The van der Waals surface area contributed by atoms with Gasteiger partial charge in [0.05, 0.1) is 5.56 Å². The summed E-state index contributed by atoms with van der Waals surface area (Å²) >= 11 is 0. The molecule has 1 aromatic carbocycles. The molecule has 2 N–H and O–H groups in total. The molecule has 0 saturated carbocycles. The van der Waals surface area contributed by atoms with Gasteiger partial charge in [-0.25, -0.2) is 0 Å². The third kappa shape index (κ3) is 3.96. The molecule has 1 aromatic rings. The largest absolute Gasteiger partial charge is 0.416 e. The van der Waals surface area contributed by atoms with Crippen LogP contribution in [-0.4, -0.2) is 31.1 Å². The van der Waals surface area contributed by atoms with Gasteiger partial charge in [-0.3, -0.25) is 0 Å². The molecule has 1 atom stereocenters. The third-order valence-corrected chi connectivity index (χ3v) is 3.89. The van der Waals surface area contributed by atoms with Crippen molar-refractivity contribution in [2.45, 2.75) is 31.4 Å². The molecule has 20 heavy (non-hydrogen) atoms. The van der Waals surface area contributed by atoms with E-state index in [2.05, 4.69) is 4.90 Å². The normalized spacial score (nSPS) is 21.1. The monoisotopic (exact) mass is 286 g/mol. The molecule has 1 fully saturated rings. The maximum Gasteiger partial charge on any atom is 0.416 e. The molecule has 0 aromatic heterocycles. The Morgan fingerprint density at radius 2 is 1.90 bits per heavy atom. The smallest absolute Gasteiger partial charge is 0.330 e. The van der Waals surface area contributed by atoms with Crippen LogP contribution in [0.5, 0.6) is 0 Å². The van der Waals surface area contributed by atoms with Gasteiger partial charge in [0.1, 0.15) is 0 Å². The summed E-state index contributed by atoms with van der Waals surface area (Å²) in [7, 11) is 0. The summed E-state index contributed by atoms with van der Waals surface area (Å²) in [5, 5.41) is 0. The van der Waals surface area contributed by atoms with Crippen molar-refractivity contribution in [2.24, 2.45) is 5.73 Å². The van der Waals surface area contributed by atoms with Gasteiger partial charge in [0, 0.05) is 6.54 Å². The molecular formula is C15H21F3N2. The summed E-state index contributed by atoms with van der Waals surface area (Å²) in [5.41, 5.74) is 5.95. The highest BCUT2D eigenvalue weighted by Crippen LogP contribution is 2.32. The molecule has 1 aliphatic heterocycles. The molecule has 0 spiro atoms. The summed E-state index contributed by atoms with van der Waals surface area (Å²) in [5.74, 6) is 0.337. The van der Waals surface area contributed by atoms with Crippen LogP contribution in [0.1, 0.15) is 36.3 Å². The van der Waals surface area contributed by atoms with Crippen LogP contribution in [-0.2, 0) is 6.18 Å². The Bertz CT molecular complexity index is 414. The lowest BCUT2D eigenvalue weighted by atomic mass is 9.90. The van der Waals surface area contributed by atoms with Crippen LogP contribution in [0.2, 0.25) is 0 Å². The lowest BCUT2D eigenvalue weighted by Crippen LogP contribution is -2.35. The maximum atomic E-state index is 12.5. The Morgan fingerprint density at radius 1 is 1.20 bits per heavy atom. The Kier molecular flexibility index (Phi) is 5.05. The molecule has 1 aliphatic rings. The second-order valence-electron chi connectivity index (χ2n) is 5.40. The zero-order valence-electron chi connectivity index (χ0n) is 11.5. The predicted molar refractivity (Wildman–Crippen MR) is 73.5 cm³/mol. The van der Waals surface area contributed by atoms with Crippen LogP contribution >= 0.6 is 0 Å². The van der Waals surface area contributed by atoms with E-state index in [1.165, 1.54) is 12.1 Å². The maximum absolute atomic E-state index is 12.5. The number of alkyl halides is 3. The Labute approximate surface area is 117 Å². The number of hydrogen-bond acceptors (Lipinski definition) is 2. The van der Waals surface area contributed by atoms with Crippen molar-refractivity contribution >= 4 is 0 Å². The Morgan fingerprint density at radius 3 is 2.50 bits per heavy atom. The summed E-state index contributed by atoms with van der Waals surface area (Å²) in [6.07, 6.45) is -1.14. The quantitative estimate of drug-likeness (QED) is 0.920. The number of rotatable bonds is 4. The molecule has 0 amide bonds. The average molecular weight is 286 g/mol. The van der Waals surface area contributed by atoms with E-state index < -0.39 is 11.7 Å². The second kappa shape index (κ2) is 6.59. The molecule has 2 nitrogen and oxygen atoms in total. The molecule has 1 saturated heterocycles. The van der Waals surface area contributed by atoms with Gasteiger partial charge in [0.15, 0.2) is 0 Å². The highest BCUT2D eigenvalue weighted by Gasteiger charge is 2.30. The van der Waals surface area contributed by atoms with Gasteiger partial charge in [-0.2, -0.15) is 13.2 Å². The van der Waals surface area contributed by atoms with Gasteiger partial charge in [0.25, 0.3) is 0 Å². The number of nitrogens with two attached hydrogens (primary N) is 1. The van der Waals surface area contributed by atoms with Crippen LogP contribution in [0.3, 0.4) is 0 Å². The van der Waals surface area contributed by atoms with E-state index in [1.807, 2.05) is 0 Å². The van der Waals surface area contributed by atoms with Gasteiger partial charge in [-0.15, -0.1) is 0 Å². The van der Waals surface area contributed by atoms with E-state index in [0.29, 0.717) is 12.5 Å². The van der Waals surface area contributed by atoms with E-state index in [0.717, 1.165) is 44.5 Å². The van der Waals surface area contributed by atoms with Crippen LogP contribution in [0.25, 0.3) is 0 Å². The first kappa shape index (κ1) is 15.3. The SMILES string of the molecule is NCCCN1CCCC(c2ccc(C(F)(F)F)cc2)C1. The molecule has 1 heterocycles. The molecule has 112 valence electrons. The lowest BCUT2D eigenvalue weighted by Gasteiger charge is -2.33. The van der Waals surface area contributed by atoms with Gasteiger partial charge < -0.3 is 10.6 Å². The van der Waals surface area contributed by atoms with Crippen LogP contribution in [0.4, 0.5) is 13.2 Å². The minimum atomic E-state index is -4.25. The van der Waals surface area contributed by atoms with Crippen molar-refractivity contribution < 1.29 is 13.2 Å². The molecule has 2 rings (SSSR count). The second-order valence-corrected chi connectivity index (χ2v) is 5.40. The third-order valence-electron chi connectivity index (χ3n) is 3.89. The first-order valence-corrected chi connectivity index (χ1v) is 7.10. The fraction of sp³-hybridized carbons (Fsp3) is 0.600. The molecule has 0 aliphatic carbocycles. The van der Waals surface area contributed by atoms with Crippen molar-refractivity contribution in [1.29, 1.82) is 0 Å². The number of piperidine rings is 1. The highest BCUT2D eigenvalue weighted by atomic mass is 19.4. The molecule has 0 radical (unpaired) electrons. The number of likely N-dealkylation sites (tertiary alicyclic amines) is 1. The molecule has 0 bridgehead atoms. The standard InChI is InChI=1S/C15H21F3N2/c16-15(17,18)14-6-4-12(5-7-14)13-3-1-9-20(11-13)10-2-8-19/h4-7,13H,1-3,8-11,19H2. The Balaban J connectivity index is 2.00. The summed E-state index contributed by atoms with van der Waals surface area (Å²) < 4.78 is 37.6. The van der Waals surface area contributed by atoms with Crippen LogP contribution in [0.15, 0.2) is 24.3 Å². The predicted octanol–water partition coefficient (Wildman–Crippen LogP) is 3.23. The average Bonchev–Trinajstić information content (AvgIpc) is 2.45. The van der Waals surface area contributed by atoms with E-state index in [9.17, 15) is 13.2 Å². The highest BCUT2D eigenvalue weighted by molar-refractivity contribution is 5.27. The van der Waals surface area contributed by atoms with Gasteiger partial charge in [-0.05, 0) is 62.5 Å². The summed E-state index contributed by atoms with van der Waals surface area (Å²) in [6, 6.07) is 5.63. The van der Waals surface area contributed by atoms with Gasteiger partial charge >= 0.3 is 6.18 Å². The summed E-state index contributed by atoms with van der Waals surface area (Å²) in [4.78, 5) is 2.36. The van der Waals surface area contributed by atoms with E-state index in [-0.39, 0.29) is 0 Å². The Hall–Kier alpha value is -1.07. The number of hydrogen-bond donors (Lipinski definition) is 1. The minimum absolute atomic E-state index is 0.337. The zero-order chi connectivity index (χ0) is 14.6. The molecular weight excluding hydrogens is 265 g/mol. The van der Waals surface area contributed by atoms with Crippen LogP contribution in [0, 0.1) is 0 Å². The van der Waals surface area contributed by atoms with Gasteiger partial charge in [-0.1, -0.05) is 12.1 Å². The lowest BCUT2D eigenvalue weighted by molar-refractivity contribution is -0.137. The number of nitrogens with zero attached hydrogens (tertiary/aromatic N) is 1. The van der Waals surface area contributed by atoms with Crippen LogP contribution < -0.4 is 5.73 Å². The van der Waals surface area contributed by atoms with E-state index in [1.54, 1.807) is 12.1 Å². The first-order valence-electron chi connectivity index (χ1n) is 7.10. The van der Waals surface area contributed by atoms with Gasteiger partial charge in [0.2, 0.25) is 0 Å². The molecule has 5 heteroatoms. The minimum Gasteiger partial charge on any atom is -0.330 e. The van der Waals surface area contributed by atoms with Crippen molar-refractivity contribution in [3.05, 3.63) is 35.4 Å². The fourth-order valence-electron chi connectivity index (χ4n) is 2.79. The zero-order valence-corrected chi connectivity index (χ0v) is 11.5. The van der Waals surface area contributed by atoms with Crippen molar-refractivity contribution in [1.82, 2.24) is 4.90 Å². The van der Waals surface area contributed by atoms with Crippen molar-refractivity contribution in [3.8, 4) is 0 Å². The van der Waals surface area contributed by atoms with E-state index in [4.69, 9.17) is 5.73 Å². The number of benzene rings is 1. The number of halogens is 3. The fourth-order valence-corrected chi connectivity index (χ4v) is 2.79.